The molecule has 1 aromatic rings. The lowest BCUT2D eigenvalue weighted by molar-refractivity contribution is 0.0169. The summed E-state index contributed by atoms with van der Waals surface area (Å²) in [7, 11) is 0. The number of hydrogen-bond donors (Lipinski definition) is 2. The molecule has 1 spiro atoms. The Hall–Kier alpha value is -2.49. The number of benzene rings is 1. The van der Waals surface area contributed by atoms with Gasteiger partial charge in [0.15, 0.2) is 5.78 Å². The molecule has 1 saturated carbocycles. The van der Waals surface area contributed by atoms with Crippen molar-refractivity contribution in [2.24, 2.45) is 5.92 Å². The topological polar surface area (TPSA) is 66.8 Å². The molecule has 2 fully saturated rings. The molecular weight excluding hydrogens is 364 g/mol. The molecular formula is C25H30O4. The zero-order valence-corrected chi connectivity index (χ0v) is 17.9. The SMILES string of the molecule is CC(C)=CCC[C@]1(C)OC2=CC(=O)c3c(O)cc(O)cc3[C@@]23CC(=C(C)C)C[C@@H]13. The first-order valence-corrected chi connectivity index (χ1v) is 10.4. The van der Waals surface area contributed by atoms with E-state index in [4.69, 9.17) is 4.74 Å². The van der Waals surface area contributed by atoms with Crippen LogP contribution in [-0.4, -0.2) is 21.6 Å². The van der Waals surface area contributed by atoms with Gasteiger partial charge < -0.3 is 14.9 Å². The van der Waals surface area contributed by atoms with Crippen molar-refractivity contribution >= 4 is 5.78 Å². The summed E-state index contributed by atoms with van der Waals surface area (Å²) >= 11 is 0. The maximum atomic E-state index is 12.9. The van der Waals surface area contributed by atoms with Crippen LogP contribution in [0.3, 0.4) is 0 Å². The number of ether oxygens (including phenoxy) is 1. The van der Waals surface area contributed by atoms with Crippen LogP contribution in [0.4, 0.5) is 0 Å². The fourth-order valence-corrected chi connectivity index (χ4v) is 5.60. The Bertz CT molecular complexity index is 988. The number of phenols is 2. The first kappa shape index (κ1) is 19.8. The summed E-state index contributed by atoms with van der Waals surface area (Å²) < 4.78 is 6.55. The van der Waals surface area contributed by atoms with Gasteiger partial charge in [-0.15, -0.1) is 0 Å². The minimum atomic E-state index is -0.508. The molecule has 2 N–H and O–H groups in total. The van der Waals surface area contributed by atoms with Crippen molar-refractivity contribution in [2.75, 3.05) is 0 Å². The number of carbonyl (C=O) groups excluding carboxylic acids is 1. The van der Waals surface area contributed by atoms with Gasteiger partial charge in [0.1, 0.15) is 22.9 Å². The largest absolute Gasteiger partial charge is 0.508 e. The molecule has 154 valence electrons. The molecule has 1 saturated heterocycles. The van der Waals surface area contributed by atoms with E-state index in [2.05, 4.69) is 40.7 Å². The summed E-state index contributed by atoms with van der Waals surface area (Å²) in [6, 6.07) is 2.91. The quantitative estimate of drug-likeness (QED) is 0.646. The van der Waals surface area contributed by atoms with E-state index in [1.807, 2.05) is 0 Å². The van der Waals surface area contributed by atoms with Gasteiger partial charge in [-0.3, -0.25) is 4.79 Å². The van der Waals surface area contributed by atoms with Crippen molar-refractivity contribution in [3.05, 3.63) is 57.9 Å². The number of phenolic OH excluding ortho intramolecular Hbond substituents is 2. The zero-order chi connectivity index (χ0) is 21.1. The summed E-state index contributed by atoms with van der Waals surface area (Å²) in [4.78, 5) is 12.9. The van der Waals surface area contributed by atoms with E-state index in [0.29, 0.717) is 16.9 Å². The smallest absolute Gasteiger partial charge is 0.193 e. The Morgan fingerprint density at radius 1 is 1.24 bits per heavy atom. The molecule has 4 rings (SSSR count). The Morgan fingerprint density at radius 3 is 2.62 bits per heavy atom. The van der Waals surface area contributed by atoms with E-state index >= 15 is 0 Å². The van der Waals surface area contributed by atoms with Crippen molar-refractivity contribution in [2.45, 2.75) is 71.3 Å². The standard InChI is InChI=1S/C25H30O4/c1-14(2)7-6-8-24(5)21-9-16(15(3)4)13-25(21)18-10-17(26)11-19(27)23(18)20(28)12-22(25)29-24/h7,10-12,21,26-27H,6,8-9,13H2,1-5H3/t21-,24-,25+/m0/s1. The molecule has 4 heteroatoms. The Morgan fingerprint density at radius 2 is 1.97 bits per heavy atom. The van der Waals surface area contributed by atoms with Gasteiger partial charge >= 0.3 is 0 Å². The molecule has 4 nitrogen and oxygen atoms in total. The van der Waals surface area contributed by atoms with Crippen LogP contribution in [0.2, 0.25) is 0 Å². The molecule has 3 atom stereocenters. The van der Waals surface area contributed by atoms with Crippen LogP contribution >= 0.6 is 0 Å². The number of ketones is 1. The number of hydrogen-bond acceptors (Lipinski definition) is 4. The number of allylic oxidation sites excluding steroid dienone is 6. The highest BCUT2D eigenvalue weighted by molar-refractivity contribution is 6.10. The molecule has 0 unspecified atom stereocenters. The third kappa shape index (κ3) is 2.84. The summed E-state index contributed by atoms with van der Waals surface area (Å²) in [5, 5.41) is 20.7. The normalized spacial score (nSPS) is 29.6. The molecule has 1 aromatic carbocycles. The maximum absolute atomic E-state index is 12.9. The molecule has 1 heterocycles. The number of rotatable bonds is 3. The van der Waals surface area contributed by atoms with Crippen molar-refractivity contribution in [3.63, 3.8) is 0 Å². The van der Waals surface area contributed by atoms with Crippen LogP contribution < -0.4 is 0 Å². The predicted octanol–water partition coefficient (Wildman–Crippen LogP) is 5.70. The van der Waals surface area contributed by atoms with Gasteiger partial charge in [-0.25, -0.2) is 0 Å². The summed E-state index contributed by atoms with van der Waals surface area (Å²) in [5.74, 6) is 0.409. The molecule has 0 radical (unpaired) electrons. The second kappa shape index (κ2) is 6.51. The lowest BCUT2D eigenvalue weighted by Crippen LogP contribution is -2.39. The van der Waals surface area contributed by atoms with Gasteiger partial charge in [0.25, 0.3) is 0 Å². The van der Waals surface area contributed by atoms with Crippen LogP contribution in [0, 0.1) is 5.92 Å². The minimum Gasteiger partial charge on any atom is -0.508 e. The van der Waals surface area contributed by atoms with E-state index in [-0.39, 0.29) is 23.2 Å². The predicted molar refractivity (Wildman–Crippen MR) is 113 cm³/mol. The minimum absolute atomic E-state index is 0.0211. The monoisotopic (exact) mass is 394 g/mol. The van der Waals surface area contributed by atoms with E-state index in [9.17, 15) is 15.0 Å². The number of aromatic hydroxyl groups is 2. The Labute approximate surface area is 172 Å². The molecule has 0 aromatic heterocycles. The fraction of sp³-hybridized carbons (Fsp3) is 0.480. The van der Waals surface area contributed by atoms with E-state index in [1.54, 1.807) is 12.1 Å². The van der Waals surface area contributed by atoms with E-state index in [1.165, 1.54) is 22.8 Å². The summed E-state index contributed by atoms with van der Waals surface area (Å²) in [6.45, 7) is 10.6. The van der Waals surface area contributed by atoms with Gasteiger partial charge in [0.2, 0.25) is 0 Å². The molecule has 0 bridgehead atoms. The van der Waals surface area contributed by atoms with Crippen LogP contribution in [0.1, 0.15) is 76.2 Å². The highest BCUT2D eigenvalue weighted by Gasteiger charge is 2.65. The lowest BCUT2D eigenvalue weighted by Gasteiger charge is -2.35. The van der Waals surface area contributed by atoms with Crippen molar-refractivity contribution < 1.29 is 19.7 Å². The molecule has 2 aliphatic carbocycles. The van der Waals surface area contributed by atoms with Gasteiger partial charge in [0, 0.05) is 18.1 Å². The maximum Gasteiger partial charge on any atom is 0.193 e. The molecule has 3 aliphatic rings. The van der Waals surface area contributed by atoms with Gasteiger partial charge in [-0.2, -0.15) is 0 Å². The van der Waals surface area contributed by atoms with Crippen molar-refractivity contribution in [3.8, 4) is 11.5 Å². The third-order valence-electron chi connectivity index (χ3n) is 7.05. The number of fused-ring (bicyclic) bond motifs is 1. The van der Waals surface area contributed by atoms with Gasteiger partial charge in [-0.1, -0.05) is 22.8 Å². The van der Waals surface area contributed by atoms with Crippen LogP contribution in [0.5, 0.6) is 11.5 Å². The fourth-order valence-electron chi connectivity index (χ4n) is 5.60. The summed E-state index contributed by atoms with van der Waals surface area (Å²) in [6.07, 6.45) is 7.22. The molecule has 29 heavy (non-hydrogen) atoms. The Kier molecular flexibility index (Phi) is 4.45. The lowest BCUT2D eigenvalue weighted by atomic mass is 9.63. The average Bonchev–Trinajstić information content (AvgIpc) is 3.10. The van der Waals surface area contributed by atoms with Gasteiger partial charge in [0.05, 0.1) is 11.0 Å². The first-order valence-electron chi connectivity index (χ1n) is 10.4. The van der Waals surface area contributed by atoms with Crippen LogP contribution in [-0.2, 0) is 10.2 Å². The Balaban J connectivity index is 1.91. The highest BCUT2D eigenvalue weighted by atomic mass is 16.5. The van der Waals surface area contributed by atoms with E-state index in [0.717, 1.165) is 25.7 Å². The molecule has 0 amide bonds. The van der Waals surface area contributed by atoms with E-state index < -0.39 is 11.0 Å². The van der Waals surface area contributed by atoms with Crippen molar-refractivity contribution in [1.82, 2.24) is 0 Å². The van der Waals surface area contributed by atoms with Crippen LogP contribution in [0.25, 0.3) is 0 Å². The average molecular weight is 395 g/mol. The zero-order valence-electron chi connectivity index (χ0n) is 17.9. The molecule has 1 aliphatic heterocycles. The summed E-state index contributed by atoms with van der Waals surface area (Å²) in [5.41, 5.74) is 4.05. The van der Waals surface area contributed by atoms with Crippen LogP contribution in [0.15, 0.2) is 46.8 Å². The second-order valence-electron chi connectivity index (χ2n) is 9.50. The second-order valence-corrected chi connectivity index (χ2v) is 9.50. The first-order chi connectivity index (χ1) is 13.6. The van der Waals surface area contributed by atoms with Gasteiger partial charge in [-0.05, 0) is 71.9 Å². The van der Waals surface area contributed by atoms with Crippen molar-refractivity contribution in [1.29, 1.82) is 0 Å². The number of carbonyl (C=O) groups is 1. The highest BCUT2D eigenvalue weighted by Crippen LogP contribution is 2.66. The third-order valence-corrected chi connectivity index (χ3v) is 7.05.